The van der Waals surface area contributed by atoms with Gasteiger partial charge < -0.3 is 20.4 Å². The van der Waals surface area contributed by atoms with Crippen molar-refractivity contribution in [1.82, 2.24) is 24.9 Å². The van der Waals surface area contributed by atoms with E-state index in [0.717, 1.165) is 45.9 Å². The van der Waals surface area contributed by atoms with Crippen molar-refractivity contribution in [2.45, 2.75) is 52.4 Å². The number of nitrogens with zero attached hydrogens (tertiary/aromatic N) is 4. The molecule has 0 aromatic heterocycles. The lowest BCUT2D eigenvalue weighted by molar-refractivity contribution is -0.140. The molecule has 0 atom stereocenters. The van der Waals surface area contributed by atoms with Crippen LogP contribution in [0.4, 0.5) is 0 Å². The van der Waals surface area contributed by atoms with Gasteiger partial charge in [0.05, 0.1) is 13.1 Å². The van der Waals surface area contributed by atoms with E-state index < -0.39 is 11.9 Å². The number of hydrogen-bond donors (Lipinski definition) is 3. The van der Waals surface area contributed by atoms with Crippen molar-refractivity contribution in [3.63, 3.8) is 0 Å². The SMILES string of the molecule is CCCCCCCCNCN1CCN(CC)CCN(CC(=O)O)CCN(CC(=O)O)CC1. The van der Waals surface area contributed by atoms with Gasteiger partial charge in [-0.1, -0.05) is 46.0 Å². The fourth-order valence-corrected chi connectivity index (χ4v) is 4.02. The molecule has 3 N–H and O–H groups in total. The number of carbonyl (C=O) groups is 2. The highest BCUT2D eigenvalue weighted by Crippen LogP contribution is 2.04. The molecule has 0 unspecified atom stereocenters. The lowest BCUT2D eigenvalue weighted by atomic mass is 10.1. The number of rotatable bonds is 14. The third-order valence-electron chi connectivity index (χ3n) is 6.14. The van der Waals surface area contributed by atoms with Crippen LogP contribution in [0.5, 0.6) is 0 Å². The Morgan fingerprint density at radius 2 is 1.09 bits per heavy atom. The van der Waals surface area contributed by atoms with Crippen LogP contribution < -0.4 is 5.32 Å². The summed E-state index contributed by atoms with van der Waals surface area (Å²) >= 11 is 0. The van der Waals surface area contributed by atoms with Crippen molar-refractivity contribution < 1.29 is 19.8 Å². The Bertz CT molecular complexity index is 509. The van der Waals surface area contributed by atoms with Crippen molar-refractivity contribution in [2.75, 3.05) is 85.2 Å². The summed E-state index contributed by atoms with van der Waals surface area (Å²) in [4.78, 5) is 31.1. The van der Waals surface area contributed by atoms with E-state index in [1.165, 1.54) is 38.5 Å². The zero-order chi connectivity index (χ0) is 23.6. The minimum absolute atomic E-state index is 0.00699. The minimum atomic E-state index is -0.841. The van der Waals surface area contributed by atoms with Crippen LogP contribution in [0.25, 0.3) is 0 Å². The maximum Gasteiger partial charge on any atom is 0.317 e. The molecule has 1 saturated heterocycles. The van der Waals surface area contributed by atoms with Crippen molar-refractivity contribution in [3.05, 3.63) is 0 Å². The minimum Gasteiger partial charge on any atom is -0.480 e. The van der Waals surface area contributed by atoms with Crippen LogP contribution in [0.1, 0.15) is 52.4 Å². The Morgan fingerprint density at radius 3 is 1.56 bits per heavy atom. The van der Waals surface area contributed by atoms with Gasteiger partial charge in [0, 0.05) is 59.0 Å². The first kappa shape index (κ1) is 28.8. The molecule has 9 nitrogen and oxygen atoms in total. The van der Waals surface area contributed by atoms with Crippen LogP contribution in [0, 0.1) is 0 Å². The zero-order valence-electron chi connectivity index (χ0n) is 20.4. The molecular weight excluding hydrogens is 410 g/mol. The third-order valence-corrected chi connectivity index (χ3v) is 6.14. The maximum atomic E-state index is 11.3. The second-order valence-corrected chi connectivity index (χ2v) is 8.82. The van der Waals surface area contributed by atoms with E-state index in [1.54, 1.807) is 0 Å². The summed E-state index contributed by atoms with van der Waals surface area (Å²) in [5.74, 6) is -1.68. The molecular formula is C23H47N5O4. The summed E-state index contributed by atoms with van der Waals surface area (Å²) in [5, 5.41) is 22.1. The normalized spacial score (nSPS) is 18.8. The van der Waals surface area contributed by atoms with Gasteiger partial charge in [0.25, 0.3) is 0 Å². The van der Waals surface area contributed by atoms with Gasteiger partial charge >= 0.3 is 11.9 Å². The average Bonchev–Trinajstić information content (AvgIpc) is 2.74. The fourth-order valence-electron chi connectivity index (χ4n) is 4.02. The topological polar surface area (TPSA) is 99.6 Å². The van der Waals surface area contributed by atoms with E-state index in [9.17, 15) is 19.8 Å². The molecule has 1 aliphatic heterocycles. The Kier molecular flexibility index (Phi) is 16.4. The summed E-state index contributed by atoms with van der Waals surface area (Å²) < 4.78 is 0. The standard InChI is InChI=1S/C23H47N5O4/c1-3-5-6-7-8-9-10-24-21-28-17-12-25(4-2)11-13-26(19-22(29)30)14-15-27(16-18-28)20-23(31)32/h24H,3-21H2,1-2H3,(H,29,30)(H,31,32). The molecule has 0 aromatic carbocycles. The maximum absolute atomic E-state index is 11.3. The fraction of sp³-hybridized carbons (Fsp3) is 0.913. The predicted octanol–water partition coefficient (Wildman–Crippen LogP) is 1.30. The first-order valence-corrected chi connectivity index (χ1v) is 12.5. The van der Waals surface area contributed by atoms with Gasteiger partial charge in [0.15, 0.2) is 0 Å². The zero-order valence-corrected chi connectivity index (χ0v) is 20.4. The molecule has 0 aliphatic carbocycles. The van der Waals surface area contributed by atoms with Gasteiger partial charge in [-0.3, -0.25) is 24.3 Å². The van der Waals surface area contributed by atoms with E-state index in [-0.39, 0.29) is 13.1 Å². The molecule has 0 saturated carbocycles. The summed E-state index contributed by atoms with van der Waals surface area (Å²) in [5.41, 5.74) is 0. The van der Waals surface area contributed by atoms with Crippen LogP contribution in [0.3, 0.4) is 0 Å². The predicted molar refractivity (Wildman–Crippen MR) is 128 cm³/mol. The summed E-state index contributed by atoms with van der Waals surface area (Å²) in [7, 11) is 0. The molecule has 1 fully saturated rings. The molecule has 0 radical (unpaired) electrons. The summed E-state index contributed by atoms with van der Waals surface area (Å²) in [6, 6.07) is 0. The molecule has 0 amide bonds. The van der Waals surface area contributed by atoms with Crippen LogP contribution in [0.15, 0.2) is 0 Å². The Hall–Kier alpha value is -1.26. The lowest BCUT2D eigenvalue weighted by Gasteiger charge is -2.33. The number of likely N-dealkylation sites (N-methyl/N-ethyl adjacent to an activating group) is 1. The number of hydrogen-bond acceptors (Lipinski definition) is 7. The quantitative estimate of drug-likeness (QED) is 0.333. The highest BCUT2D eigenvalue weighted by Gasteiger charge is 2.18. The average molecular weight is 458 g/mol. The number of carboxylic acid groups (broad SMARTS) is 2. The molecule has 0 bridgehead atoms. The number of carboxylic acids is 2. The van der Waals surface area contributed by atoms with Crippen LogP contribution in [-0.2, 0) is 9.59 Å². The third kappa shape index (κ3) is 14.7. The van der Waals surface area contributed by atoms with E-state index >= 15 is 0 Å². The summed E-state index contributed by atoms with van der Waals surface area (Å²) in [6.45, 7) is 13.1. The van der Waals surface area contributed by atoms with Crippen LogP contribution in [-0.4, -0.2) is 127 Å². The van der Waals surface area contributed by atoms with Crippen LogP contribution in [0.2, 0.25) is 0 Å². The van der Waals surface area contributed by atoms with Gasteiger partial charge in [0.2, 0.25) is 0 Å². The van der Waals surface area contributed by atoms with Gasteiger partial charge in [-0.2, -0.15) is 0 Å². The van der Waals surface area contributed by atoms with E-state index in [1.807, 2.05) is 9.80 Å². The molecule has 0 spiro atoms. The molecule has 1 heterocycles. The molecule has 1 aliphatic rings. The molecule has 188 valence electrons. The van der Waals surface area contributed by atoms with E-state index in [2.05, 4.69) is 29.0 Å². The highest BCUT2D eigenvalue weighted by molar-refractivity contribution is 5.69. The second-order valence-electron chi connectivity index (χ2n) is 8.82. The molecule has 0 aromatic rings. The van der Waals surface area contributed by atoms with Crippen molar-refractivity contribution >= 4 is 11.9 Å². The second kappa shape index (κ2) is 18.2. The molecule has 9 heteroatoms. The first-order chi connectivity index (χ1) is 15.4. The van der Waals surface area contributed by atoms with E-state index in [4.69, 9.17) is 0 Å². The van der Waals surface area contributed by atoms with Gasteiger partial charge in [-0.15, -0.1) is 0 Å². The first-order valence-electron chi connectivity index (χ1n) is 12.5. The number of aliphatic carboxylic acids is 2. The van der Waals surface area contributed by atoms with Gasteiger partial charge in [0.1, 0.15) is 0 Å². The Morgan fingerprint density at radius 1 is 0.656 bits per heavy atom. The van der Waals surface area contributed by atoms with Crippen molar-refractivity contribution in [3.8, 4) is 0 Å². The monoisotopic (exact) mass is 457 g/mol. The number of unbranched alkanes of at least 4 members (excludes halogenated alkanes) is 5. The Balaban J connectivity index is 2.58. The largest absolute Gasteiger partial charge is 0.480 e. The van der Waals surface area contributed by atoms with E-state index in [0.29, 0.717) is 26.2 Å². The molecule has 1 rings (SSSR count). The van der Waals surface area contributed by atoms with Gasteiger partial charge in [-0.05, 0) is 19.5 Å². The smallest absolute Gasteiger partial charge is 0.317 e. The Labute approximate surface area is 194 Å². The lowest BCUT2D eigenvalue weighted by Crippen LogP contribution is -2.49. The van der Waals surface area contributed by atoms with Crippen LogP contribution >= 0.6 is 0 Å². The van der Waals surface area contributed by atoms with Crippen molar-refractivity contribution in [1.29, 1.82) is 0 Å². The van der Waals surface area contributed by atoms with Gasteiger partial charge in [-0.25, -0.2) is 0 Å². The molecule has 32 heavy (non-hydrogen) atoms. The number of nitrogens with one attached hydrogen (secondary N) is 1. The van der Waals surface area contributed by atoms with Crippen molar-refractivity contribution in [2.24, 2.45) is 0 Å². The highest BCUT2D eigenvalue weighted by atomic mass is 16.4. The summed E-state index contributed by atoms with van der Waals surface area (Å²) in [6.07, 6.45) is 7.72.